The van der Waals surface area contributed by atoms with E-state index in [0.717, 1.165) is 32.1 Å². The number of fused-ring (bicyclic) bond motifs is 5. The summed E-state index contributed by atoms with van der Waals surface area (Å²) >= 11 is 0. The third-order valence-corrected chi connectivity index (χ3v) is 9.18. The minimum Gasteiger partial charge on any atom is -0.478 e. The van der Waals surface area contributed by atoms with Crippen molar-refractivity contribution in [3.05, 3.63) is 34.9 Å². The lowest BCUT2D eigenvalue weighted by atomic mass is 9.51. The predicted octanol–water partition coefficient (Wildman–Crippen LogP) is 5.75. The summed E-state index contributed by atoms with van der Waals surface area (Å²) in [6.45, 7) is 13.2. The number of carboxylic acid groups (broad SMARTS) is 1. The Balaban J connectivity index is 1.66. The molecule has 0 aliphatic heterocycles. The topological polar surface area (TPSA) is 57.6 Å². The molecule has 4 aliphatic rings. The second kappa shape index (κ2) is 7.64. The summed E-state index contributed by atoms with van der Waals surface area (Å²) < 4.78 is 0. The lowest BCUT2D eigenvalue weighted by molar-refractivity contribution is -0.143. The number of allylic oxidation sites excluding steroid dienone is 5. The van der Waals surface area contributed by atoms with E-state index in [-0.39, 0.29) is 28.8 Å². The number of carbonyl (C=O) groups excluding carboxylic acids is 1. The van der Waals surface area contributed by atoms with Gasteiger partial charge in [0.15, 0.2) is 0 Å². The molecule has 4 heteroatoms. The number of nitrogens with zero attached hydrogens (tertiary/aromatic N) is 1. The molecule has 170 valence electrons. The zero-order valence-corrected chi connectivity index (χ0v) is 20.1. The van der Waals surface area contributed by atoms with E-state index in [4.69, 9.17) is 0 Å². The Bertz CT molecular complexity index is 871. The fourth-order valence-electron chi connectivity index (χ4n) is 7.54. The summed E-state index contributed by atoms with van der Waals surface area (Å²) in [5.74, 6) is 0.593. The first kappa shape index (κ1) is 22.4. The maximum Gasteiger partial charge on any atom is 0.331 e. The van der Waals surface area contributed by atoms with Crippen molar-refractivity contribution in [2.75, 3.05) is 0 Å². The van der Waals surface area contributed by atoms with Gasteiger partial charge in [-0.15, -0.1) is 0 Å². The van der Waals surface area contributed by atoms with Gasteiger partial charge in [-0.25, -0.2) is 4.79 Å². The highest BCUT2D eigenvalue weighted by atomic mass is 16.4. The molecule has 31 heavy (non-hydrogen) atoms. The van der Waals surface area contributed by atoms with Crippen molar-refractivity contribution >= 4 is 11.9 Å². The maximum absolute atomic E-state index is 13.7. The van der Waals surface area contributed by atoms with Crippen molar-refractivity contribution in [3.8, 4) is 0 Å². The molecule has 0 bridgehead atoms. The molecule has 4 aliphatic carbocycles. The Morgan fingerprint density at radius 3 is 2.29 bits per heavy atom. The minimum atomic E-state index is -0.786. The van der Waals surface area contributed by atoms with Gasteiger partial charge in [-0.3, -0.25) is 4.79 Å². The lowest BCUT2D eigenvalue weighted by Gasteiger charge is -2.53. The second-order valence-corrected chi connectivity index (χ2v) is 11.4. The summed E-state index contributed by atoms with van der Waals surface area (Å²) in [6, 6.07) is 0.449. The third-order valence-electron chi connectivity index (χ3n) is 9.18. The average molecular weight is 426 g/mol. The van der Waals surface area contributed by atoms with Gasteiger partial charge in [0.1, 0.15) is 0 Å². The van der Waals surface area contributed by atoms with Gasteiger partial charge < -0.3 is 10.0 Å². The van der Waals surface area contributed by atoms with E-state index in [1.54, 1.807) is 0 Å². The van der Waals surface area contributed by atoms with Gasteiger partial charge in [-0.1, -0.05) is 31.6 Å². The molecule has 0 unspecified atom stereocenters. The van der Waals surface area contributed by atoms with Crippen molar-refractivity contribution in [3.63, 3.8) is 0 Å². The van der Waals surface area contributed by atoms with Gasteiger partial charge >= 0.3 is 5.97 Å². The van der Waals surface area contributed by atoms with Crippen LogP contribution in [0, 0.1) is 28.6 Å². The van der Waals surface area contributed by atoms with Gasteiger partial charge in [-0.2, -0.15) is 0 Å². The zero-order chi connectivity index (χ0) is 22.7. The minimum absolute atomic E-state index is 0.0222. The van der Waals surface area contributed by atoms with E-state index in [9.17, 15) is 14.7 Å². The molecule has 0 aromatic carbocycles. The highest BCUT2D eigenvalue weighted by Gasteiger charge is 2.58. The number of carboxylic acids is 1. The molecule has 0 spiro atoms. The number of carbonyl (C=O) groups is 2. The van der Waals surface area contributed by atoms with Crippen LogP contribution in [-0.4, -0.2) is 34.0 Å². The SMILES string of the molecule is CC(C)N(C(=O)[C@H]1CC[C@H]2C3=CC=C4C=C(C(=O)O)CC[C@]4(C)[C@H]3CC[C@]12C)C(C)C. The summed E-state index contributed by atoms with van der Waals surface area (Å²) in [4.78, 5) is 27.3. The van der Waals surface area contributed by atoms with Crippen LogP contribution in [0.4, 0.5) is 0 Å². The molecule has 0 heterocycles. The molecular formula is C27H39NO3. The lowest BCUT2D eigenvalue weighted by Crippen LogP contribution is -2.51. The smallest absolute Gasteiger partial charge is 0.331 e. The van der Waals surface area contributed by atoms with Crippen LogP contribution in [0.1, 0.15) is 80.1 Å². The summed E-state index contributed by atoms with van der Waals surface area (Å²) in [7, 11) is 0. The second-order valence-electron chi connectivity index (χ2n) is 11.4. The first-order valence-corrected chi connectivity index (χ1v) is 12.2. The zero-order valence-electron chi connectivity index (χ0n) is 20.1. The highest BCUT2D eigenvalue weighted by molar-refractivity contribution is 5.87. The Hall–Kier alpha value is -1.84. The first-order valence-electron chi connectivity index (χ1n) is 12.2. The Labute approximate surface area is 187 Å². The quantitative estimate of drug-likeness (QED) is 0.624. The molecule has 4 nitrogen and oxygen atoms in total. The van der Waals surface area contributed by atoms with E-state index >= 15 is 0 Å². The molecule has 0 aromatic rings. The van der Waals surface area contributed by atoms with Crippen molar-refractivity contribution < 1.29 is 14.7 Å². The molecule has 2 saturated carbocycles. The van der Waals surface area contributed by atoms with Gasteiger partial charge in [0, 0.05) is 23.6 Å². The number of hydrogen-bond donors (Lipinski definition) is 1. The third kappa shape index (κ3) is 3.32. The fraction of sp³-hybridized carbons (Fsp3) is 0.704. The molecule has 2 fully saturated rings. The van der Waals surface area contributed by atoms with E-state index in [1.807, 2.05) is 6.08 Å². The summed E-state index contributed by atoms with van der Waals surface area (Å²) in [5, 5.41) is 9.46. The maximum atomic E-state index is 13.7. The van der Waals surface area contributed by atoms with Crippen LogP contribution in [-0.2, 0) is 9.59 Å². The standard InChI is InChI=1S/C27H39NO3/c1-16(2)28(17(3)4)24(29)23-10-9-21-20-8-7-19-15-18(25(30)31)11-13-26(19,5)22(20)12-14-27(21,23)6/h7-8,15-17,21-23H,9-14H2,1-6H3,(H,30,31)/t21-,22-,23+,26-,27-/m0/s1. The largest absolute Gasteiger partial charge is 0.478 e. The predicted molar refractivity (Wildman–Crippen MR) is 123 cm³/mol. The van der Waals surface area contributed by atoms with E-state index in [0.29, 0.717) is 29.7 Å². The van der Waals surface area contributed by atoms with Crippen molar-refractivity contribution in [2.45, 2.75) is 92.2 Å². The van der Waals surface area contributed by atoms with Crippen LogP contribution in [0.15, 0.2) is 34.9 Å². The summed E-state index contributed by atoms with van der Waals surface area (Å²) in [5.41, 5.74) is 3.30. The number of hydrogen-bond acceptors (Lipinski definition) is 2. The van der Waals surface area contributed by atoms with Gasteiger partial charge in [0.05, 0.1) is 0 Å². The van der Waals surface area contributed by atoms with E-state index in [2.05, 4.69) is 58.6 Å². The molecule has 1 amide bonds. The van der Waals surface area contributed by atoms with Crippen molar-refractivity contribution in [1.82, 2.24) is 4.90 Å². The van der Waals surface area contributed by atoms with Crippen LogP contribution in [0.25, 0.3) is 0 Å². The first-order chi connectivity index (χ1) is 14.5. The monoisotopic (exact) mass is 425 g/mol. The number of aliphatic carboxylic acids is 1. The van der Waals surface area contributed by atoms with Crippen molar-refractivity contribution in [1.29, 1.82) is 0 Å². The van der Waals surface area contributed by atoms with Gasteiger partial charge in [-0.05, 0) is 101 Å². The van der Waals surface area contributed by atoms with Crippen LogP contribution in [0.3, 0.4) is 0 Å². The Morgan fingerprint density at radius 1 is 1.00 bits per heavy atom. The molecule has 5 atom stereocenters. The summed E-state index contributed by atoms with van der Waals surface area (Å²) in [6.07, 6.45) is 12.2. The number of rotatable bonds is 4. The molecule has 1 N–H and O–H groups in total. The van der Waals surface area contributed by atoms with Crippen LogP contribution in [0.5, 0.6) is 0 Å². The van der Waals surface area contributed by atoms with E-state index < -0.39 is 5.97 Å². The molecule has 0 saturated heterocycles. The van der Waals surface area contributed by atoms with Gasteiger partial charge in [0.2, 0.25) is 5.91 Å². The van der Waals surface area contributed by atoms with Crippen LogP contribution in [0.2, 0.25) is 0 Å². The Morgan fingerprint density at radius 2 is 1.68 bits per heavy atom. The van der Waals surface area contributed by atoms with E-state index in [1.165, 1.54) is 11.1 Å². The number of amides is 1. The fourth-order valence-corrected chi connectivity index (χ4v) is 7.54. The molecule has 0 aromatic heterocycles. The highest BCUT2D eigenvalue weighted by Crippen LogP contribution is 2.64. The molecule has 0 radical (unpaired) electrons. The molecule has 4 rings (SSSR count). The van der Waals surface area contributed by atoms with Crippen LogP contribution < -0.4 is 0 Å². The van der Waals surface area contributed by atoms with Crippen molar-refractivity contribution in [2.24, 2.45) is 28.6 Å². The average Bonchev–Trinajstić information content (AvgIpc) is 3.03. The normalized spacial score (nSPS) is 36.8. The van der Waals surface area contributed by atoms with Gasteiger partial charge in [0.25, 0.3) is 0 Å². The Kier molecular flexibility index (Phi) is 5.51. The van der Waals surface area contributed by atoms with Crippen LogP contribution >= 0.6 is 0 Å². The molecular weight excluding hydrogens is 386 g/mol.